The first-order valence-electron chi connectivity index (χ1n) is 9.99. The zero-order chi connectivity index (χ0) is 18.2. The van der Waals surface area contributed by atoms with Crippen molar-refractivity contribution in [1.29, 1.82) is 0 Å². The van der Waals surface area contributed by atoms with Crippen LogP contribution in [0.15, 0.2) is 4.99 Å². The highest BCUT2D eigenvalue weighted by atomic mass is 127. The molecule has 0 aromatic heterocycles. The Morgan fingerprint density at radius 1 is 1.08 bits per heavy atom. The second-order valence-corrected chi connectivity index (χ2v) is 6.60. The fourth-order valence-electron chi connectivity index (χ4n) is 2.92. The second-order valence-electron chi connectivity index (χ2n) is 6.60. The Kier molecular flexibility index (Phi) is 20.3. The highest BCUT2D eigenvalue weighted by Gasteiger charge is 2.09. The molecule has 6 heteroatoms. The lowest BCUT2D eigenvalue weighted by molar-refractivity contribution is 0.253. The van der Waals surface area contributed by atoms with E-state index >= 15 is 0 Å². The van der Waals surface area contributed by atoms with Gasteiger partial charge in [-0.05, 0) is 65.1 Å². The lowest BCUT2D eigenvalue weighted by Crippen LogP contribution is -2.42. The number of hydrogen-bond acceptors (Lipinski definition) is 3. The molecule has 2 unspecified atom stereocenters. The van der Waals surface area contributed by atoms with Crippen molar-refractivity contribution in [2.45, 2.75) is 72.8 Å². The van der Waals surface area contributed by atoms with Crippen LogP contribution in [-0.2, 0) is 0 Å². The predicted molar refractivity (Wildman–Crippen MR) is 121 cm³/mol. The Morgan fingerprint density at radius 2 is 1.76 bits per heavy atom. The Morgan fingerprint density at radius 3 is 2.28 bits per heavy atom. The molecule has 0 fully saturated rings. The summed E-state index contributed by atoms with van der Waals surface area (Å²) in [4.78, 5) is 7.21. The van der Waals surface area contributed by atoms with Gasteiger partial charge in [0.25, 0.3) is 0 Å². The van der Waals surface area contributed by atoms with E-state index in [1.54, 1.807) is 0 Å². The van der Waals surface area contributed by atoms with Crippen molar-refractivity contribution >= 4 is 29.9 Å². The van der Waals surface area contributed by atoms with Gasteiger partial charge >= 0.3 is 0 Å². The average Bonchev–Trinajstić information content (AvgIpc) is 2.57. The Balaban J connectivity index is 0. The Bertz CT molecular complexity index is 306. The van der Waals surface area contributed by atoms with Crippen molar-refractivity contribution in [2.75, 3.05) is 39.3 Å². The molecule has 5 nitrogen and oxygen atoms in total. The molecule has 0 aromatic rings. The van der Waals surface area contributed by atoms with Crippen LogP contribution in [-0.4, -0.2) is 61.3 Å². The summed E-state index contributed by atoms with van der Waals surface area (Å²) >= 11 is 0. The first-order chi connectivity index (χ1) is 11.6. The van der Waals surface area contributed by atoms with E-state index in [9.17, 15) is 5.11 Å². The van der Waals surface area contributed by atoms with Gasteiger partial charge in [-0.2, -0.15) is 0 Å². The topological polar surface area (TPSA) is 59.9 Å². The van der Waals surface area contributed by atoms with Crippen LogP contribution in [0.3, 0.4) is 0 Å². The standard InChI is InChI=1S/C19H42N4O.HI/c1-6-11-18(13-15-24)16-21-19(20-7-2)22-17(5)12-10-14-23(8-3)9-4;/h17-18,24H,6-16H2,1-5H3,(H2,20,21,22);1H. The summed E-state index contributed by atoms with van der Waals surface area (Å²) in [5.41, 5.74) is 0. The van der Waals surface area contributed by atoms with Crippen molar-refractivity contribution < 1.29 is 5.11 Å². The highest BCUT2D eigenvalue weighted by molar-refractivity contribution is 14.0. The third-order valence-electron chi connectivity index (χ3n) is 4.48. The third-order valence-corrected chi connectivity index (χ3v) is 4.48. The van der Waals surface area contributed by atoms with Crippen LogP contribution in [0, 0.1) is 5.92 Å². The molecule has 0 bridgehead atoms. The van der Waals surface area contributed by atoms with Gasteiger partial charge in [0.2, 0.25) is 0 Å². The summed E-state index contributed by atoms with van der Waals surface area (Å²) in [5.74, 6) is 1.39. The molecule has 0 aromatic carbocycles. The Labute approximate surface area is 173 Å². The van der Waals surface area contributed by atoms with E-state index in [4.69, 9.17) is 4.99 Å². The molecule has 0 aliphatic carbocycles. The molecule has 2 atom stereocenters. The third kappa shape index (κ3) is 14.7. The van der Waals surface area contributed by atoms with E-state index in [1.165, 1.54) is 13.0 Å². The van der Waals surface area contributed by atoms with Gasteiger partial charge in [0, 0.05) is 25.7 Å². The molecular formula is C19H43IN4O. The fraction of sp³-hybridized carbons (Fsp3) is 0.947. The normalized spacial score (nSPS) is 14.1. The van der Waals surface area contributed by atoms with E-state index in [-0.39, 0.29) is 30.6 Å². The van der Waals surface area contributed by atoms with Crippen molar-refractivity contribution in [2.24, 2.45) is 10.9 Å². The molecule has 3 N–H and O–H groups in total. The molecule has 0 saturated carbocycles. The molecule has 0 aliphatic heterocycles. The van der Waals surface area contributed by atoms with Crippen LogP contribution < -0.4 is 10.6 Å². The molecular weight excluding hydrogens is 427 g/mol. The van der Waals surface area contributed by atoms with Crippen molar-refractivity contribution in [3.63, 3.8) is 0 Å². The van der Waals surface area contributed by atoms with Gasteiger partial charge in [0.15, 0.2) is 5.96 Å². The molecule has 0 amide bonds. The maximum Gasteiger partial charge on any atom is 0.191 e. The molecule has 0 heterocycles. The zero-order valence-electron chi connectivity index (χ0n) is 17.2. The van der Waals surface area contributed by atoms with E-state index < -0.39 is 0 Å². The number of guanidine groups is 1. The van der Waals surface area contributed by atoms with Gasteiger partial charge < -0.3 is 20.6 Å². The average molecular weight is 470 g/mol. The zero-order valence-corrected chi connectivity index (χ0v) is 19.5. The molecule has 0 spiro atoms. The lowest BCUT2D eigenvalue weighted by Gasteiger charge is -2.21. The SMILES string of the molecule is CCCC(CCO)CN=C(NCC)NC(C)CCCN(CC)CC.I. The van der Waals surface area contributed by atoms with Gasteiger partial charge in [-0.15, -0.1) is 24.0 Å². The predicted octanol–water partition coefficient (Wildman–Crippen LogP) is 3.47. The molecule has 0 rings (SSSR count). The van der Waals surface area contributed by atoms with E-state index in [0.29, 0.717) is 12.0 Å². The van der Waals surface area contributed by atoms with E-state index in [2.05, 4.69) is 50.2 Å². The number of nitrogens with one attached hydrogen (secondary N) is 2. The number of aliphatic hydroxyl groups excluding tert-OH is 1. The van der Waals surface area contributed by atoms with Crippen molar-refractivity contribution in [1.82, 2.24) is 15.5 Å². The van der Waals surface area contributed by atoms with Crippen molar-refractivity contribution in [3.05, 3.63) is 0 Å². The van der Waals surface area contributed by atoms with E-state index in [0.717, 1.165) is 57.8 Å². The van der Waals surface area contributed by atoms with Gasteiger partial charge in [0.05, 0.1) is 0 Å². The molecule has 25 heavy (non-hydrogen) atoms. The number of nitrogens with zero attached hydrogens (tertiary/aromatic N) is 2. The second kappa shape index (κ2) is 18.7. The smallest absolute Gasteiger partial charge is 0.191 e. The monoisotopic (exact) mass is 470 g/mol. The summed E-state index contributed by atoms with van der Waals surface area (Å²) in [7, 11) is 0. The minimum atomic E-state index is 0. The van der Waals surface area contributed by atoms with Crippen LogP contribution in [0.4, 0.5) is 0 Å². The maximum atomic E-state index is 9.18. The summed E-state index contributed by atoms with van der Waals surface area (Å²) in [6, 6.07) is 0.417. The largest absolute Gasteiger partial charge is 0.396 e. The Hall–Kier alpha value is -0.0800. The number of rotatable bonds is 14. The lowest BCUT2D eigenvalue weighted by atomic mass is 10.0. The molecule has 0 saturated heterocycles. The molecule has 0 aliphatic rings. The summed E-state index contributed by atoms with van der Waals surface area (Å²) in [6.45, 7) is 16.3. The van der Waals surface area contributed by atoms with Crippen LogP contribution >= 0.6 is 24.0 Å². The minimum absolute atomic E-state index is 0. The van der Waals surface area contributed by atoms with Gasteiger partial charge in [-0.1, -0.05) is 27.2 Å². The maximum absolute atomic E-state index is 9.18. The highest BCUT2D eigenvalue weighted by Crippen LogP contribution is 2.11. The van der Waals surface area contributed by atoms with E-state index in [1.807, 2.05) is 0 Å². The number of aliphatic imine (C=N–C) groups is 1. The quantitative estimate of drug-likeness (QED) is 0.207. The first kappa shape index (κ1) is 27.1. The summed E-state index contributed by atoms with van der Waals surface area (Å²) in [6.07, 6.45) is 5.47. The van der Waals surface area contributed by atoms with Crippen LogP contribution in [0.1, 0.15) is 66.7 Å². The minimum Gasteiger partial charge on any atom is -0.396 e. The molecule has 0 radical (unpaired) electrons. The van der Waals surface area contributed by atoms with Crippen LogP contribution in [0.2, 0.25) is 0 Å². The fourth-order valence-corrected chi connectivity index (χ4v) is 2.92. The van der Waals surface area contributed by atoms with Crippen molar-refractivity contribution in [3.8, 4) is 0 Å². The number of halogens is 1. The first-order valence-corrected chi connectivity index (χ1v) is 9.99. The molecule has 152 valence electrons. The van der Waals surface area contributed by atoms with Gasteiger partial charge in [0.1, 0.15) is 0 Å². The van der Waals surface area contributed by atoms with Gasteiger partial charge in [-0.3, -0.25) is 4.99 Å². The number of hydrogen-bond donors (Lipinski definition) is 3. The van der Waals surface area contributed by atoms with Crippen LogP contribution in [0.25, 0.3) is 0 Å². The summed E-state index contributed by atoms with van der Waals surface area (Å²) < 4.78 is 0. The number of aliphatic hydroxyl groups is 1. The van der Waals surface area contributed by atoms with Gasteiger partial charge in [-0.25, -0.2) is 0 Å². The van der Waals surface area contributed by atoms with Crippen LogP contribution in [0.5, 0.6) is 0 Å². The summed E-state index contributed by atoms with van der Waals surface area (Å²) in [5, 5.41) is 16.0.